The Labute approximate surface area is 163 Å². The Morgan fingerprint density at radius 1 is 1.12 bits per heavy atom. The normalized spacial score (nSPS) is 33.0. The van der Waals surface area contributed by atoms with Crippen molar-refractivity contribution in [3.63, 3.8) is 0 Å². The van der Waals surface area contributed by atoms with Gasteiger partial charge in [-0.3, -0.25) is 0 Å². The van der Waals surface area contributed by atoms with Crippen molar-refractivity contribution in [3.8, 4) is 5.75 Å². The molecule has 0 aromatic heterocycles. The maximum absolute atomic E-state index is 12.3. The predicted octanol–water partition coefficient (Wildman–Crippen LogP) is 4.52. The molecule has 4 bridgehead atoms. The number of aromatic hydroxyl groups is 1. The zero-order valence-corrected chi connectivity index (χ0v) is 16.9. The molecule has 1 aromatic carbocycles. The van der Waals surface area contributed by atoms with Crippen LogP contribution in [-0.2, 0) is 0 Å². The van der Waals surface area contributed by atoms with Crippen molar-refractivity contribution in [2.75, 3.05) is 0 Å². The molecule has 4 aliphatic carbocycles. The van der Waals surface area contributed by atoms with E-state index in [2.05, 4.69) is 47.7 Å². The Hall–Kier alpha value is -1.08. The molecule has 0 atom stereocenters. The number of phenolic OH excluding ortho intramolecular Hbond substituents is 1. The summed E-state index contributed by atoms with van der Waals surface area (Å²) in [4.78, 5) is 12.3. The SMILES string of the molecule is O=C(NN=Cc1cc(Br)c(O)c(Br)c1)NC12CC3CC(CC(C3)C1)C2. The Morgan fingerprint density at radius 3 is 2.16 bits per heavy atom. The number of amides is 2. The Kier molecular flexibility index (Phi) is 4.56. The maximum atomic E-state index is 12.3. The lowest BCUT2D eigenvalue weighted by atomic mass is 9.53. The second kappa shape index (κ2) is 6.58. The minimum Gasteiger partial charge on any atom is -0.506 e. The largest absolute Gasteiger partial charge is 0.506 e. The number of nitrogens with one attached hydrogen (secondary N) is 2. The number of carbonyl (C=O) groups is 1. The molecule has 25 heavy (non-hydrogen) atoms. The van der Waals surface area contributed by atoms with Gasteiger partial charge in [0.25, 0.3) is 0 Å². The van der Waals surface area contributed by atoms with Crippen LogP contribution in [0, 0.1) is 17.8 Å². The molecular weight excluding hydrogens is 450 g/mol. The first-order valence-electron chi connectivity index (χ1n) is 8.72. The van der Waals surface area contributed by atoms with Crippen molar-refractivity contribution in [1.29, 1.82) is 0 Å². The van der Waals surface area contributed by atoms with Crippen molar-refractivity contribution < 1.29 is 9.90 Å². The standard InChI is InChI=1S/C18H21Br2N3O2/c19-14-4-13(5-15(20)16(14)24)9-21-23-17(25)22-18-6-10-1-11(7-18)3-12(2-10)8-18/h4-5,9-12,24H,1-3,6-8H2,(H2,22,23,25). The van der Waals surface area contributed by atoms with Crippen LogP contribution in [0.5, 0.6) is 5.75 Å². The number of hydrogen-bond acceptors (Lipinski definition) is 3. The van der Waals surface area contributed by atoms with Crippen LogP contribution in [0.4, 0.5) is 4.79 Å². The lowest BCUT2D eigenvalue weighted by Crippen LogP contribution is -2.61. The summed E-state index contributed by atoms with van der Waals surface area (Å²) in [6.07, 6.45) is 8.98. The van der Waals surface area contributed by atoms with E-state index in [1.54, 1.807) is 18.3 Å². The highest BCUT2D eigenvalue weighted by Gasteiger charge is 2.51. The lowest BCUT2D eigenvalue weighted by Gasteiger charge is -2.56. The first-order valence-corrected chi connectivity index (χ1v) is 10.3. The predicted molar refractivity (Wildman–Crippen MR) is 104 cm³/mol. The topological polar surface area (TPSA) is 73.7 Å². The number of urea groups is 1. The monoisotopic (exact) mass is 469 g/mol. The molecule has 4 saturated carbocycles. The van der Waals surface area contributed by atoms with Gasteiger partial charge in [0.1, 0.15) is 5.75 Å². The number of halogens is 2. The van der Waals surface area contributed by atoms with Gasteiger partial charge in [-0.2, -0.15) is 5.10 Å². The smallest absolute Gasteiger partial charge is 0.335 e. The minimum atomic E-state index is -0.227. The summed E-state index contributed by atoms with van der Waals surface area (Å²) < 4.78 is 1.14. The van der Waals surface area contributed by atoms with E-state index < -0.39 is 0 Å². The van der Waals surface area contributed by atoms with Crippen LogP contribution in [0.15, 0.2) is 26.2 Å². The van der Waals surface area contributed by atoms with E-state index in [-0.39, 0.29) is 17.3 Å². The first-order chi connectivity index (χ1) is 11.9. The van der Waals surface area contributed by atoms with Gasteiger partial charge in [-0.05, 0) is 106 Å². The van der Waals surface area contributed by atoms with Gasteiger partial charge >= 0.3 is 6.03 Å². The van der Waals surface area contributed by atoms with Gasteiger partial charge < -0.3 is 10.4 Å². The highest BCUT2D eigenvalue weighted by Crippen LogP contribution is 2.55. The molecule has 3 N–H and O–H groups in total. The van der Waals surface area contributed by atoms with E-state index in [1.807, 2.05) is 0 Å². The molecule has 0 spiro atoms. The molecule has 0 unspecified atom stereocenters. The molecular formula is C18H21Br2N3O2. The van der Waals surface area contributed by atoms with Gasteiger partial charge in [-0.1, -0.05) is 0 Å². The van der Waals surface area contributed by atoms with Gasteiger partial charge in [-0.25, -0.2) is 10.2 Å². The van der Waals surface area contributed by atoms with Gasteiger partial charge in [-0.15, -0.1) is 0 Å². The molecule has 1 aromatic rings. The highest BCUT2D eigenvalue weighted by atomic mass is 79.9. The first kappa shape index (κ1) is 17.3. The van der Waals surface area contributed by atoms with E-state index in [0.29, 0.717) is 8.95 Å². The second-order valence-corrected chi connectivity index (χ2v) is 9.56. The molecule has 5 rings (SSSR count). The van der Waals surface area contributed by atoms with E-state index in [4.69, 9.17) is 0 Å². The van der Waals surface area contributed by atoms with E-state index in [1.165, 1.54) is 19.3 Å². The maximum Gasteiger partial charge on any atom is 0.335 e. The zero-order chi connectivity index (χ0) is 17.6. The highest BCUT2D eigenvalue weighted by molar-refractivity contribution is 9.11. The summed E-state index contributed by atoms with van der Waals surface area (Å²) in [7, 11) is 0. The Balaban J connectivity index is 1.37. The third-order valence-corrected chi connectivity index (χ3v) is 7.04. The average molecular weight is 471 g/mol. The van der Waals surface area contributed by atoms with Gasteiger partial charge in [0.05, 0.1) is 15.2 Å². The average Bonchev–Trinajstić information content (AvgIpc) is 2.50. The lowest BCUT2D eigenvalue weighted by molar-refractivity contribution is -0.0135. The molecule has 4 aliphatic rings. The quantitative estimate of drug-likeness (QED) is 0.448. The number of benzene rings is 1. The van der Waals surface area contributed by atoms with Gasteiger partial charge in [0, 0.05) is 5.54 Å². The van der Waals surface area contributed by atoms with E-state index in [0.717, 1.165) is 42.6 Å². The summed E-state index contributed by atoms with van der Waals surface area (Å²) in [6, 6.07) is 3.25. The number of nitrogens with zero attached hydrogens (tertiary/aromatic N) is 1. The van der Waals surface area contributed by atoms with Crippen LogP contribution in [0.25, 0.3) is 0 Å². The number of carbonyl (C=O) groups excluding carboxylic acids is 1. The van der Waals surface area contributed by atoms with Gasteiger partial charge in [0.2, 0.25) is 0 Å². The summed E-state index contributed by atoms with van der Waals surface area (Å²) in [5, 5.41) is 17.0. The Bertz CT molecular complexity index is 677. The van der Waals surface area contributed by atoms with Crippen LogP contribution < -0.4 is 10.7 Å². The van der Waals surface area contributed by atoms with Crippen molar-refractivity contribution in [2.24, 2.45) is 22.9 Å². The fourth-order valence-corrected chi connectivity index (χ4v) is 6.58. The molecule has 5 nitrogen and oxygen atoms in total. The molecule has 134 valence electrons. The minimum absolute atomic E-state index is 0.0149. The molecule has 0 aliphatic heterocycles. The molecule has 0 radical (unpaired) electrons. The number of hydrogen-bond donors (Lipinski definition) is 3. The summed E-state index contributed by atoms with van der Waals surface area (Å²) in [6.45, 7) is 0. The number of hydrazone groups is 1. The Morgan fingerprint density at radius 2 is 1.64 bits per heavy atom. The van der Waals surface area contributed by atoms with Crippen LogP contribution in [-0.4, -0.2) is 22.9 Å². The second-order valence-electron chi connectivity index (χ2n) is 7.86. The van der Waals surface area contributed by atoms with E-state index in [9.17, 15) is 9.90 Å². The van der Waals surface area contributed by atoms with Gasteiger partial charge in [0.15, 0.2) is 0 Å². The van der Waals surface area contributed by atoms with E-state index >= 15 is 0 Å². The van der Waals surface area contributed by atoms with Crippen molar-refractivity contribution in [3.05, 3.63) is 26.6 Å². The molecule has 0 heterocycles. The molecule has 0 saturated heterocycles. The van der Waals surface area contributed by atoms with Crippen molar-refractivity contribution >= 4 is 44.1 Å². The van der Waals surface area contributed by atoms with Crippen LogP contribution in [0.1, 0.15) is 44.1 Å². The zero-order valence-electron chi connectivity index (χ0n) is 13.8. The molecule has 2 amide bonds. The van der Waals surface area contributed by atoms with Crippen LogP contribution in [0.2, 0.25) is 0 Å². The summed E-state index contributed by atoms with van der Waals surface area (Å²) in [5.74, 6) is 2.52. The van der Waals surface area contributed by atoms with Crippen molar-refractivity contribution in [2.45, 2.75) is 44.1 Å². The molecule has 7 heteroatoms. The molecule has 4 fully saturated rings. The fraction of sp³-hybridized carbons (Fsp3) is 0.556. The number of rotatable bonds is 3. The third-order valence-electron chi connectivity index (χ3n) is 5.84. The number of phenols is 1. The summed E-state index contributed by atoms with van der Waals surface area (Å²) in [5.41, 5.74) is 3.34. The van der Waals surface area contributed by atoms with Crippen LogP contribution in [0.3, 0.4) is 0 Å². The summed E-state index contributed by atoms with van der Waals surface area (Å²) >= 11 is 6.56. The van der Waals surface area contributed by atoms with Crippen LogP contribution >= 0.6 is 31.9 Å². The third kappa shape index (κ3) is 3.58. The van der Waals surface area contributed by atoms with Crippen molar-refractivity contribution in [1.82, 2.24) is 10.7 Å². The fourth-order valence-electron chi connectivity index (χ4n) is 5.36.